The fourth-order valence-electron chi connectivity index (χ4n) is 2.45. The van der Waals surface area contributed by atoms with Gasteiger partial charge < -0.3 is 10.3 Å². The van der Waals surface area contributed by atoms with E-state index >= 15 is 0 Å². The maximum absolute atomic E-state index is 11.9. The van der Waals surface area contributed by atoms with Gasteiger partial charge in [0.1, 0.15) is 11.6 Å². The van der Waals surface area contributed by atoms with Gasteiger partial charge in [0.25, 0.3) is 5.56 Å². The van der Waals surface area contributed by atoms with Crippen LogP contribution in [0.25, 0.3) is 0 Å². The first-order valence-electron chi connectivity index (χ1n) is 7.36. The van der Waals surface area contributed by atoms with Gasteiger partial charge in [-0.2, -0.15) is 5.26 Å². The van der Waals surface area contributed by atoms with E-state index < -0.39 is 0 Å². The molecular weight excluding hydrogens is 266 g/mol. The maximum Gasteiger partial charge on any atom is 0.266 e. The van der Waals surface area contributed by atoms with Gasteiger partial charge in [-0.05, 0) is 44.2 Å². The van der Waals surface area contributed by atoms with Crippen LogP contribution in [0.5, 0.6) is 0 Å². The summed E-state index contributed by atoms with van der Waals surface area (Å²) in [7, 11) is 0. The van der Waals surface area contributed by atoms with Crippen molar-refractivity contribution in [3.63, 3.8) is 0 Å². The van der Waals surface area contributed by atoms with Crippen LogP contribution in [0.15, 0.2) is 4.79 Å². The number of amides is 1. The van der Waals surface area contributed by atoms with E-state index in [4.69, 9.17) is 5.26 Å². The third-order valence-electron chi connectivity index (χ3n) is 3.87. The standard InChI is InChI=1S/C16H23N3O2/c1-5-12(6-2)19-15(20)8-7-13-10(3)14(9-17)16(21)18-11(13)4/h12H,5-8H2,1-4H3,(H,18,21)(H,19,20). The lowest BCUT2D eigenvalue weighted by atomic mass is 9.99. The Morgan fingerprint density at radius 3 is 2.48 bits per heavy atom. The van der Waals surface area contributed by atoms with E-state index in [1.807, 2.05) is 19.9 Å². The minimum Gasteiger partial charge on any atom is -0.353 e. The number of aromatic amines is 1. The van der Waals surface area contributed by atoms with Crippen LogP contribution in [-0.2, 0) is 11.2 Å². The van der Waals surface area contributed by atoms with Gasteiger partial charge in [0.2, 0.25) is 5.91 Å². The summed E-state index contributed by atoms with van der Waals surface area (Å²) in [5.74, 6) is 0.00667. The van der Waals surface area contributed by atoms with Crippen molar-refractivity contribution < 1.29 is 4.79 Å². The molecule has 5 nitrogen and oxygen atoms in total. The zero-order valence-electron chi connectivity index (χ0n) is 13.2. The minimum atomic E-state index is -0.363. The van der Waals surface area contributed by atoms with Gasteiger partial charge in [0.05, 0.1) is 0 Å². The Kier molecular flexibility index (Phi) is 6.16. The number of rotatable bonds is 6. The number of pyridine rings is 1. The Labute approximate surface area is 125 Å². The third kappa shape index (κ3) is 4.19. The molecule has 114 valence electrons. The quantitative estimate of drug-likeness (QED) is 0.841. The van der Waals surface area contributed by atoms with Gasteiger partial charge in [0, 0.05) is 18.2 Å². The predicted octanol–water partition coefficient (Wildman–Crippen LogP) is 2.10. The Morgan fingerprint density at radius 1 is 1.33 bits per heavy atom. The molecule has 0 saturated heterocycles. The number of nitrogens with zero attached hydrogens (tertiary/aromatic N) is 1. The van der Waals surface area contributed by atoms with Gasteiger partial charge in [-0.15, -0.1) is 0 Å². The van der Waals surface area contributed by atoms with Crippen molar-refractivity contribution in [2.45, 2.75) is 59.4 Å². The van der Waals surface area contributed by atoms with Gasteiger partial charge in [-0.25, -0.2) is 0 Å². The Morgan fingerprint density at radius 2 is 1.95 bits per heavy atom. The number of carbonyl (C=O) groups excluding carboxylic acids is 1. The molecule has 1 aromatic rings. The number of H-pyrrole nitrogens is 1. The van der Waals surface area contributed by atoms with E-state index in [1.54, 1.807) is 13.8 Å². The summed E-state index contributed by atoms with van der Waals surface area (Å²) in [4.78, 5) is 26.3. The van der Waals surface area contributed by atoms with Crippen molar-refractivity contribution in [2.75, 3.05) is 0 Å². The topological polar surface area (TPSA) is 85.8 Å². The fraction of sp³-hybridized carbons (Fsp3) is 0.562. The molecular formula is C16H23N3O2. The molecule has 21 heavy (non-hydrogen) atoms. The summed E-state index contributed by atoms with van der Waals surface area (Å²) in [6.45, 7) is 7.65. The number of aromatic nitrogens is 1. The van der Waals surface area contributed by atoms with E-state index in [9.17, 15) is 9.59 Å². The lowest BCUT2D eigenvalue weighted by Crippen LogP contribution is -2.34. The summed E-state index contributed by atoms with van der Waals surface area (Å²) in [5, 5.41) is 12.0. The van der Waals surface area contributed by atoms with Crippen molar-refractivity contribution in [1.82, 2.24) is 10.3 Å². The summed E-state index contributed by atoms with van der Waals surface area (Å²) in [6.07, 6.45) is 2.71. The first-order valence-corrected chi connectivity index (χ1v) is 7.36. The van der Waals surface area contributed by atoms with Gasteiger partial charge in [-0.3, -0.25) is 9.59 Å². The molecule has 0 aliphatic heterocycles. The maximum atomic E-state index is 11.9. The molecule has 1 aromatic heterocycles. The lowest BCUT2D eigenvalue weighted by Gasteiger charge is -2.15. The molecule has 0 unspecified atom stereocenters. The Balaban J connectivity index is 2.83. The molecule has 0 saturated carbocycles. The van der Waals surface area contributed by atoms with E-state index in [0.717, 1.165) is 24.1 Å². The normalized spacial score (nSPS) is 10.5. The van der Waals surface area contributed by atoms with E-state index in [0.29, 0.717) is 18.4 Å². The number of hydrogen-bond donors (Lipinski definition) is 2. The minimum absolute atomic E-state index is 0.00667. The van der Waals surface area contributed by atoms with Crippen molar-refractivity contribution in [2.24, 2.45) is 0 Å². The molecule has 0 aliphatic carbocycles. The highest BCUT2D eigenvalue weighted by Crippen LogP contribution is 2.15. The third-order valence-corrected chi connectivity index (χ3v) is 3.87. The van der Waals surface area contributed by atoms with Crippen LogP contribution in [0.4, 0.5) is 0 Å². The van der Waals surface area contributed by atoms with Crippen molar-refractivity contribution in [1.29, 1.82) is 5.26 Å². The predicted molar refractivity (Wildman–Crippen MR) is 82.1 cm³/mol. The monoisotopic (exact) mass is 289 g/mol. The molecule has 2 N–H and O–H groups in total. The molecule has 0 aliphatic rings. The molecule has 5 heteroatoms. The van der Waals surface area contributed by atoms with E-state index in [1.165, 1.54) is 0 Å². The molecule has 0 atom stereocenters. The zero-order chi connectivity index (χ0) is 16.0. The Hall–Kier alpha value is -2.09. The van der Waals surface area contributed by atoms with Crippen molar-refractivity contribution in [3.8, 4) is 6.07 Å². The van der Waals surface area contributed by atoms with E-state index in [-0.39, 0.29) is 23.1 Å². The number of nitriles is 1. The molecule has 0 bridgehead atoms. The zero-order valence-corrected chi connectivity index (χ0v) is 13.2. The molecule has 0 aromatic carbocycles. The molecule has 0 fully saturated rings. The number of nitrogens with one attached hydrogen (secondary N) is 2. The second-order valence-corrected chi connectivity index (χ2v) is 5.25. The van der Waals surface area contributed by atoms with Crippen LogP contribution >= 0.6 is 0 Å². The molecule has 1 rings (SSSR count). The number of hydrogen-bond acceptors (Lipinski definition) is 3. The Bertz CT molecular complexity index is 607. The largest absolute Gasteiger partial charge is 0.353 e. The average Bonchev–Trinajstić information content (AvgIpc) is 2.44. The van der Waals surface area contributed by atoms with Crippen LogP contribution in [0, 0.1) is 25.2 Å². The highest BCUT2D eigenvalue weighted by atomic mass is 16.1. The van der Waals surface area contributed by atoms with Crippen LogP contribution < -0.4 is 10.9 Å². The summed E-state index contributed by atoms with van der Waals surface area (Å²) < 4.78 is 0. The second-order valence-electron chi connectivity index (χ2n) is 5.25. The fourth-order valence-corrected chi connectivity index (χ4v) is 2.45. The molecule has 0 spiro atoms. The van der Waals surface area contributed by atoms with Crippen LogP contribution in [0.3, 0.4) is 0 Å². The van der Waals surface area contributed by atoms with Gasteiger partial charge >= 0.3 is 0 Å². The first kappa shape index (κ1) is 17.0. The second kappa shape index (κ2) is 7.63. The van der Waals surface area contributed by atoms with Gasteiger partial charge in [0.15, 0.2) is 0 Å². The SMILES string of the molecule is CCC(CC)NC(=O)CCc1c(C)[nH]c(=O)c(C#N)c1C. The van der Waals surface area contributed by atoms with Crippen LogP contribution in [-0.4, -0.2) is 16.9 Å². The van der Waals surface area contributed by atoms with Crippen molar-refractivity contribution in [3.05, 3.63) is 32.7 Å². The summed E-state index contributed by atoms with van der Waals surface area (Å²) in [5.41, 5.74) is 2.06. The highest BCUT2D eigenvalue weighted by molar-refractivity contribution is 5.76. The highest BCUT2D eigenvalue weighted by Gasteiger charge is 2.14. The number of aryl methyl sites for hydroxylation is 1. The van der Waals surface area contributed by atoms with Crippen LogP contribution in [0.1, 0.15) is 55.5 Å². The van der Waals surface area contributed by atoms with Crippen LogP contribution in [0.2, 0.25) is 0 Å². The molecule has 1 heterocycles. The van der Waals surface area contributed by atoms with Gasteiger partial charge in [-0.1, -0.05) is 13.8 Å². The smallest absolute Gasteiger partial charge is 0.266 e. The summed E-state index contributed by atoms with van der Waals surface area (Å²) >= 11 is 0. The molecule has 1 amide bonds. The number of carbonyl (C=O) groups is 1. The average molecular weight is 289 g/mol. The summed E-state index contributed by atoms with van der Waals surface area (Å²) in [6, 6.07) is 2.14. The van der Waals surface area contributed by atoms with Crippen molar-refractivity contribution >= 4 is 5.91 Å². The lowest BCUT2D eigenvalue weighted by molar-refractivity contribution is -0.121. The van der Waals surface area contributed by atoms with E-state index in [2.05, 4.69) is 10.3 Å². The first-order chi connectivity index (χ1) is 9.94. The molecule has 0 radical (unpaired) electrons.